The van der Waals surface area contributed by atoms with Crippen LogP contribution in [0.25, 0.3) is 0 Å². The Morgan fingerprint density at radius 2 is 1.92 bits per heavy atom. The standard InChI is InChI=1S/C18H19ClN2O3/c1-4-16(13-6-5-11(2)12(3)9-13)20-18(22)14-7-8-15(19)17(10-14)21(23)24/h5-10,16H,4H2,1-3H3,(H,20,22)/t16-/m0/s1. The van der Waals surface area contributed by atoms with Gasteiger partial charge < -0.3 is 5.32 Å². The molecule has 126 valence electrons. The molecule has 0 saturated heterocycles. The number of aryl methyl sites for hydroxylation is 2. The molecule has 1 atom stereocenters. The number of halogens is 1. The zero-order valence-electron chi connectivity index (χ0n) is 13.8. The highest BCUT2D eigenvalue weighted by Crippen LogP contribution is 2.26. The van der Waals surface area contributed by atoms with Gasteiger partial charge in [0.25, 0.3) is 11.6 Å². The van der Waals surface area contributed by atoms with Crippen LogP contribution in [0, 0.1) is 24.0 Å². The molecule has 0 unspecified atom stereocenters. The topological polar surface area (TPSA) is 72.2 Å². The third-order valence-electron chi connectivity index (χ3n) is 4.05. The summed E-state index contributed by atoms with van der Waals surface area (Å²) in [7, 11) is 0. The van der Waals surface area contributed by atoms with Gasteiger partial charge in [-0.1, -0.05) is 36.7 Å². The maximum atomic E-state index is 12.4. The molecule has 0 spiro atoms. The highest BCUT2D eigenvalue weighted by atomic mass is 35.5. The highest BCUT2D eigenvalue weighted by molar-refractivity contribution is 6.32. The van der Waals surface area contributed by atoms with Crippen LogP contribution in [0.4, 0.5) is 5.69 Å². The van der Waals surface area contributed by atoms with Crippen molar-refractivity contribution in [2.45, 2.75) is 33.2 Å². The Balaban J connectivity index is 2.25. The van der Waals surface area contributed by atoms with E-state index in [0.29, 0.717) is 6.42 Å². The maximum absolute atomic E-state index is 12.4. The lowest BCUT2D eigenvalue weighted by Crippen LogP contribution is -2.28. The first-order valence-corrected chi connectivity index (χ1v) is 8.03. The van der Waals surface area contributed by atoms with Gasteiger partial charge in [-0.25, -0.2) is 0 Å². The summed E-state index contributed by atoms with van der Waals surface area (Å²) in [5.74, 6) is -0.361. The molecule has 2 aromatic rings. The molecule has 1 amide bonds. The third kappa shape index (κ3) is 3.92. The average Bonchev–Trinajstić information content (AvgIpc) is 2.55. The van der Waals surface area contributed by atoms with E-state index in [-0.39, 0.29) is 28.2 Å². The Bertz CT molecular complexity index is 790. The molecule has 0 aliphatic rings. The molecule has 0 radical (unpaired) electrons. The number of carbonyl (C=O) groups is 1. The minimum atomic E-state index is -0.597. The van der Waals surface area contributed by atoms with Crippen molar-refractivity contribution in [3.05, 3.63) is 73.8 Å². The Labute approximate surface area is 145 Å². The van der Waals surface area contributed by atoms with E-state index >= 15 is 0 Å². The summed E-state index contributed by atoms with van der Waals surface area (Å²) in [5, 5.41) is 13.9. The predicted octanol–water partition coefficient (Wildman–Crippen LogP) is 4.75. The van der Waals surface area contributed by atoms with Crippen LogP contribution in [0.1, 0.15) is 46.4 Å². The smallest absolute Gasteiger partial charge is 0.288 e. The van der Waals surface area contributed by atoms with E-state index in [2.05, 4.69) is 5.32 Å². The first kappa shape index (κ1) is 17.9. The molecular formula is C18H19ClN2O3. The fraction of sp³-hybridized carbons (Fsp3) is 0.278. The van der Waals surface area contributed by atoms with Crippen LogP contribution in [0.2, 0.25) is 5.02 Å². The van der Waals surface area contributed by atoms with Crippen LogP contribution in [0.5, 0.6) is 0 Å². The van der Waals surface area contributed by atoms with E-state index in [1.807, 2.05) is 39.0 Å². The van der Waals surface area contributed by atoms with E-state index < -0.39 is 4.92 Å². The van der Waals surface area contributed by atoms with Gasteiger partial charge in [-0.05, 0) is 49.1 Å². The Morgan fingerprint density at radius 1 is 1.21 bits per heavy atom. The molecule has 0 fully saturated rings. The van der Waals surface area contributed by atoms with Crippen molar-refractivity contribution in [1.82, 2.24) is 5.32 Å². The summed E-state index contributed by atoms with van der Waals surface area (Å²) in [5.41, 5.74) is 3.30. The summed E-state index contributed by atoms with van der Waals surface area (Å²) < 4.78 is 0. The van der Waals surface area contributed by atoms with Crippen molar-refractivity contribution in [3.8, 4) is 0 Å². The molecule has 0 aromatic heterocycles. The summed E-state index contributed by atoms with van der Waals surface area (Å²) >= 11 is 5.78. The number of nitro benzene ring substituents is 1. The quantitative estimate of drug-likeness (QED) is 0.627. The van der Waals surface area contributed by atoms with Crippen LogP contribution in [0.3, 0.4) is 0 Å². The van der Waals surface area contributed by atoms with E-state index in [9.17, 15) is 14.9 Å². The number of nitro groups is 1. The number of nitrogens with zero attached hydrogens (tertiary/aromatic N) is 1. The van der Waals surface area contributed by atoms with Gasteiger partial charge in [-0.2, -0.15) is 0 Å². The van der Waals surface area contributed by atoms with Crippen LogP contribution >= 0.6 is 11.6 Å². The van der Waals surface area contributed by atoms with Crippen molar-refractivity contribution >= 4 is 23.2 Å². The van der Waals surface area contributed by atoms with Crippen LogP contribution in [-0.4, -0.2) is 10.8 Å². The summed E-state index contributed by atoms with van der Waals surface area (Å²) in [6.07, 6.45) is 0.712. The van der Waals surface area contributed by atoms with E-state index in [1.165, 1.54) is 23.8 Å². The molecule has 2 aromatic carbocycles. The summed E-state index contributed by atoms with van der Waals surface area (Å²) in [6.45, 7) is 6.03. The fourth-order valence-electron chi connectivity index (χ4n) is 2.44. The van der Waals surface area contributed by atoms with E-state index in [4.69, 9.17) is 11.6 Å². The van der Waals surface area contributed by atoms with Gasteiger partial charge in [0.05, 0.1) is 11.0 Å². The Morgan fingerprint density at radius 3 is 2.50 bits per heavy atom. The second-order valence-corrected chi connectivity index (χ2v) is 6.11. The van der Waals surface area contributed by atoms with Gasteiger partial charge in [-0.3, -0.25) is 14.9 Å². The molecule has 2 rings (SSSR count). The lowest BCUT2D eigenvalue weighted by atomic mass is 9.99. The van der Waals surface area contributed by atoms with Gasteiger partial charge in [-0.15, -0.1) is 0 Å². The minimum absolute atomic E-state index is 0.0118. The normalized spacial score (nSPS) is 11.8. The molecule has 6 heteroatoms. The number of nitrogens with one attached hydrogen (secondary N) is 1. The monoisotopic (exact) mass is 346 g/mol. The molecule has 0 aliphatic heterocycles. The third-order valence-corrected chi connectivity index (χ3v) is 4.37. The SMILES string of the molecule is CC[C@H](NC(=O)c1ccc(Cl)c([N+](=O)[O-])c1)c1ccc(C)c(C)c1. The lowest BCUT2D eigenvalue weighted by Gasteiger charge is -2.18. The van der Waals surface area contributed by atoms with Crippen molar-refractivity contribution in [1.29, 1.82) is 0 Å². The molecule has 5 nitrogen and oxygen atoms in total. The largest absolute Gasteiger partial charge is 0.345 e. The zero-order chi connectivity index (χ0) is 17.9. The lowest BCUT2D eigenvalue weighted by molar-refractivity contribution is -0.384. The zero-order valence-corrected chi connectivity index (χ0v) is 14.6. The minimum Gasteiger partial charge on any atom is -0.345 e. The number of benzene rings is 2. The van der Waals surface area contributed by atoms with E-state index in [1.54, 1.807) is 0 Å². The predicted molar refractivity (Wildman–Crippen MR) is 94.5 cm³/mol. The van der Waals surface area contributed by atoms with Gasteiger partial charge in [0.1, 0.15) is 5.02 Å². The number of amides is 1. The molecule has 24 heavy (non-hydrogen) atoms. The second-order valence-electron chi connectivity index (χ2n) is 5.70. The Hall–Kier alpha value is -2.40. The summed E-state index contributed by atoms with van der Waals surface area (Å²) in [4.78, 5) is 22.8. The maximum Gasteiger partial charge on any atom is 0.288 e. The highest BCUT2D eigenvalue weighted by Gasteiger charge is 2.19. The molecule has 0 bridgehead atoms. The van der Waals surface area contributed by atoms with Crippen LogP contribution in [0.15, 0.2) is 36.4 Å². The number of hydrogen-bond acceptors (Lipinski definition) is 3. The molecule has 0 heterocycles. The molecule has 0 saturated carbocycles. The van der Waals surface area contributed by atoms with Gasteiger partial charge in [0.15, 0.2) is 0 Å². The van der Waals surface area contributed by atoms with Gasteiger partial charge in [0, 0.05) is 11.6 Å². The molecule has 0 aliphatic carbocycles. The van der Waals surface area contributed by atoms with Crippen LogP contribution < -0.4 is 5.32 Å². The Kier molecular flexibility index (Phi) is 5.57. The molecule has 1 N–H and O–H groups in total. The average molecular weight is 347 g/mol. The number of carbonyl (C=O) groups excluding carboxylic acids is 1. The van der Waals surface area contributed by atoms with Crippen molar-refractivity contribution < 1.29 is 9.72 Å². The number of rotatable bonds is 5. The van der Waals surface area contributed by atoms with Crippen LogP contribution in [-0.2, 0) is 0 Å². The summed E-state index contributed by atoms with van der Waals surface area (Å²) in [6, 6.07) is 9.95. The molecular weight excluding hydrogens is 328 g/mol. The van der Waals surface area contributed by atoms with Crippen molar-refractivity contribution in [2.75, 3.05) is 0 Å². The second kappa shape index (κ2) is 7.45. The first-order valence-electron chi connectivity index (χ1n) is 7.65. The van der Waals surface area contributed by atoms with Crippen molar-refractivity contribution in [2.24, 2.45) is 0 Å². The number of hydrogen-bond donors (Lipinski definition) is 1. The fourth-order valence-corrected chi connectivity index (χ4v) is 2.62. The van der Waals surface area contributed by atoms with Crippen molar-refractivity contribution in [3.63, 3.8) is 0 Å². The van der Waals surface area contributed by atoms with E-state index in [0.717, 1.165) is 11.1 Å². The first-order chi connectivity index (χ1) is 11.3. The van der Waals surface area contributed by atoms with Gasteiger partial charge in [0.2, 0.25) is 0 Å². The van der Waals surface area contributed by atoms with Gasteiger partial charge >= 0.3 is 0 Å².